The molecule has 1 aliphatic rings. The number of carbonyl (C=O) groups is 1. The van der Waals surface area contributed by atoms with Gasteiger partial charge in [0.1, 0.15) is 10.7 Å². The molecule has 0 N–H and O–H groups in total. The fraction of sp³-hybridized carbons (Fsp3) is 0.381. The van der Waals surface area contributed by atoms with Crippen LogP contribution in [0.25, 0.3) is 0 Å². The molecule has 0 atom stereocenters. The molecule has 8 heteroatoms. The van der Waals surface area contributed by atoms with Crippen LogP contribution in [0.1, 0.15) is 41.8 Å². The standard InChI is InChI=1S/C21H24ClFN2O3S/c1-4-24(5-2)29(27,28)19-13-16(8-9-18(19)22)21(26)25-10-6-7-15-12-17(23)11-14(3)20(15)25/h8-9,11-13H,4-7,10H2,1-3H3. The van der Waals surface area contributed by atoms with Crippen LogP contribution < -0.4 is 4.90 Å². The Kier molecular flexibility index (Phi) is 6.31. The molecule has 2 aromatic carbocycles. The van der Waals surface area contributed by atoms with Crippen LogP contribution in [0, 0.1) is 12.7 Å². The monoisotopic (exact) mass is 438 g/mol. The van der Waals surface area contributed by atoms with Crippen molar-refractivity contribution in [3.05, 3.63) is 57.9 Å². The van der Waals surface area contributed by atoms with E-state index in [1.165, 1.54) is 34.6 Å². The Morgan fingerprint density at radius 2 is 1.90 bits per heavy atom. The number of fused-ring (bicyclic) bond motifs is 1. The van der Waals surface area contributed by atoms with Gasteiger partial charge < -0.3 is 4.90 Å². The van der Waals surface area contributed by atoms with Crippen molar-refractivity contribution >= 4 is 33.2 Å². The summed E-state index contributed by atoms with van der Waals surface area (Å²) in [5.74, 6) is -0.650. The summed E-state index contributed by atoms with van der Waals surface area (Å²) in [7, 11) is -3.81. The van der Waals surface area contributed by atoms with E-state index in [2.05, 4.69) is 0 Å². The molecule has 29 heavy (non-hydrogen) atoms. The lowest BCUT2D eigenvalue weighted by atomic mass is 9.97. The molecule has 0 saturated heterocycles. The first-order valence-electron chi connectivity index (χ1n) is 9.61. The predicted molar refractivity (Wildman–Crippen MR) is 113 cm³/mol. The third-order valence-corrected chi connectivity index (χ3v) is 7.72. The lowest BCUT2D eigenvalue weighted by molar-refractivity contribution is 0.0984. The molecule has 1 amide bonds. The number of amides is 1. The summed E-state index contributed by atoms with van der Waals surface area (Å²) < 4.78 is 40.9. The van der Waals surface area contributed by atoms with Gasteiger partial charge in [-0.25, -0.2) is 12.8 Å². The Hall–Kier alpha value is -1.96. The Morgan fingerprint density at radius 3 is 2.55 bits per heavy atom. The number of sulfonamides is 1. The molecule has 0 fully saturated rings. The highest BCUT2D eigenvalue weighted by molar-refractivity contribution is 7.89. The summed E-state index contributed by atoms with van der Waals surface area (Å²) in [6.45, 7) is 6.35. The number of aryl methyl sites for hydroxylation is 2. The van der Waals surface area contributed by atoms with Crippen molar-refractivity contribution < 1.29 is 17.6 Å². The first kappa shape index (κ1) is 21.7. The van der Waals surface area contributed by atoms with Gasteiger partial charge in [0.15, 0.2) is 0 Å². The number of halogens is 2. The van der Waals surface area contributed by atoms with Crippen molar-refractivity contribution in [1.82, 2.24) is 4.31 Å². The second-order valence-electron chi connectivity index (χ2n) is 7.03. The zero-order valence-electron chi connectivity index (χ0n) is 16.7. The maximum absolute atomic E-state index is 13.8. The first-order chi connectivity index (χ1) is 13.7. The van der Waals surface area contributed by atoms with E-state index in [9.17, 15) is 17.6 Å². The average molecular weight is 439 g/mol. The van der Waals surface area contributed by atoms with Gasteiger partial charge in [-0.15, -0.1) is 0 Å². The number of anilines is 1. The summed E-state index contributed by atoms with van der Waals surface area (Å²) >= 11 is 6.18. The molecule has 0 aromatic heterocycles. The molecule has 0 spiro atoms. The zero-order chi connectivity index (χ0) is 21.3. The number of nitrogens with zero attached hydrogens (tertiary/aromatic N) is 2. The Morgan fingerprint density at radius 1 is 1.21 bits per heavy atom. The molecule has 2 aromatic rings. The molecule has 0 unspecified atom stereocenters. The van der Waals surface area contributed by atoms with E-state index in [0.29, 0.717) is 43.7 Å². The van der Waals surface area contributed by atoms with Gasteiger partial charge >= 0.3 is 0 Å². The fourth-order valence-corrected chi connectivity index (χ4v) is 5.78. The predicted octanol–water partition coefficient (Wildman–Crippen LogP) is 4.41. The van der Waals surface area contributed by atoms with Crippen LogP contribution in [0.2, 0.25) is 5.02 Å². The van der Waals surface area contributed by atoms with E-state index in [1.54, 1.807) is 25.7 Å². The van der Waals surface area contributed by atoms with E-state index in [1.807, 2.05) is 0 Å². The molecule has 0 radical (unpaired) electrons. The smallest absolute Gasteiger partial charge is 0.258 e. The van der Waals surface area contributed by atoms with Gasteiger partial charge in [0.2, 0.25) is 10.0 Å². The van der Waals surface area contributed by atoms with Gasteiger partial charge in [-0.05, 0) is 61.2 Å². The first-order valence-corrected chi connectivity index (χ1v) is 11.4. The van der Waals surface area contributed by atoms with E-state index in [4.69, 9.17) is 11.6 Å². The summed E-state index contributed by atoms with van der Waals surface area (Å²) in [6, 6.07) is 7.17. The second-order valence-corrected chi connectivity index (χ2v) is 9.34. The molecule has 5 nitrogen and oxygen atoms in total. The highest BCUT2D eigenvalue weighted by Crippen LogP contribution is 2.33. The van der Waals surface area contributed by atoms with Crippen LogP contribution in [0.5, 0.6) is 0 Å². The van der Waals surface area contributed by atoms with Gasteiger partial charge in [0, 0.05) is 25.2 Å². The number of hydrogen-bond acceptors (Lipinski definition) is 3. The van der Waals surface area contributed by atoms with Crippen molar-refractivity contribution in [2.75, 3.05) is 24.5 Å². The van der Waals surface area contributed by atoms with Crippen molar-refractivity contribution in [1.29, 1.82) is 0 Å². The zero-order valence-corrected chi connectivity index (χ0v) is 18.3. The third-order valence-electron chi connectivity index (χ3n) is 5.19. The van der Waals surface area contributed by atoms with E-state index in [-0.39, 0.29) is 27.2 Å². The summed E-state index contributed by atoms with van der Waals surface area (Å²) in [6.07, 6.45) is 1.40. The van der Waals surface area contributed by atoms with Crippen LogP contribution in [0.4, 0.5) is 10.1 Å². The van der Waals surface area contributed by atoms with Crippen molar-refractivity contribution in [3.8, 4) is 0 Å². The molecule has 3 rings (SSSR count). The van der Waals surface area contributed by atoms with Crippen LogP contribution in [-0.2, 0) is 16.4 Å². The highest BCUT2D eigenvalue weighted by atomic mass is 35.5. The van der Waals surface area contributed by atoms with Crippen LogP contribution in [0.15, 0.2) is 35.2 Å². The van der Waals surface area contributed by atoms with E-state index >= 15 is 0 Å². The number of carbonyl (C=O) groups excluding carboxylic acids is 1. The lowest BCUT2D eigenvalue weighted by Crippen LogP contribution is -2.36. The lowest BCUT2D eigenvalue weighted by Gasteiger charge is -2.31. The Bertz CT molecular complexity index is 1050. The van der Waals surface area contributed by atoms with Crippen molar-refractivity contribution in [2.24, 2.45) is 0 Å². The number of benzene rings is 2. The maximum Gasteiger partial charge on any atom is 0.258 e. The number of rotatable bonds is 5. The largest absolute Gasteiger partial charge is 0.308 e. The minimum absolute atomic E-state index is 0.0748. The van der Waals surface area contributed by atoms with Crippen LogP contribution >= 0.6 is 11.6 Å². The number of hydrogen-bond donors (Lipinski definition) is 0. The maximum atomic E-state index is 13.8. The van der Waals surface area contributed by atoms with E-state index in [0.717, 1.165) is 5.56 Å². The van der Waals surface area contributed by atoms with Gasteiger partial charge in [0.25, 0.3) is 5.91 Å². The molecule has 0 saturated carbocycles. The highest BCUT2D eigenvalue weighted by Gasteiger charge is 2.29. The van der Waals surface area contributed by atoms with Gasteiger partial charge in [-0.2, -0.15) is 4.31 Å². The molecule has 0 aliphatic carbocycles. The molecule has 1 aliphatic heterocycles. The Balaban J connectivity index is 2.05. The molecule has 1 heterocycles. The fourth-order valence-electron chi connectivity index (χ4n) is 3.82. The minimum atomic E-state index is -3.81. The molecular formula is C21H24ClFN2O3S. The minimum Gasteiger partial charge on any atom is -0.308 e. The topological polar surface area (TPSA) is 57.7 Å². The third kappa shape index (κ3) is 4.04. The van der Waals surface area contributed by atoms with Crippen LogP contribution in [-0.4, -0.2) is 38.3 Å². The van der Waals surface area contributed by atoms with E-state index < -0.39 is 10.0 Å². The van der Waals surface area contributed by atoms with Crippen LogP contribution in [0.3, 0.4) is 0 Å². The van der Waals surface area contributed by atoms with Gasteiger partial charge in [0.05, 0.1) is 10.7 Å². The quantitative estimate of drug-likeness (QED) is 0.694. The van der Waals surface area contributed by atoms with Gasteiger partial charge in [-0.3, -0.25) is 4.79 Å². The Labute approximate surface area is 176 Å². The molecular weight excluding hydrogens is 415 g/mol. The van der Waals surface area contributed by atoms with Gasteiger partial charge in [-0.1, -0.05) is 25.4 Å². The normalized spacial score (nSPS) is 14.2. The summed E-state index contributed by atoms with van der Waals surface area (Å²) in [5.41, 5.74) is 2.40. The summed E-state index contributed by atoms with van der Waals surface area (Å²) in [4.78, 5) is 14.8. The second kappa shape index (κ2) is 8.42. The SMILES string of the molecule is CCN(CC)S(=O)(=O)c1cc(C(=O)N2CCCc3cc(F)cc(C)c32)ccc1Cl. The van der Waals surface area contributed by atoms with Crippen molar-refractivity contribution in [3.63, 3.8) is 0 Å². The van der Waals surface area contributed by atoms with Crippen molar-refractivity contribution in [2.45, 2.75) is 38.5 Å². The molecule has 0 bridgehead atoms. The summed E-state index contributed by atoms with van der Waals surface area (Å²) in [5, 5.41) is 0.0748. The molecule has 156 valence electrons. The average Bonchev–Trinajstić information content (AvgIpc) is 2.67.